The van der Waals surface area contributed by atoms with Crippen LogP contribution in [0.15, 0.2) is 0 Å². The minimum Gasteiger partial charge on any atom is -0.303 e. The van der Waals surface area contributed by atoms with Crippen LogP contribution in [0.3, 0.4) is 0 Å². The maximum Gasteiger partial charge on any atom is 0.125 e. The molecule has 1 heteroatoms. The highest BCUT2D eigenvalue weighted by molar-refractivity contribution is 5.58. The summed E-state index contributed by atoms with van der Waals surface area (Å²) in [7, 11) is 0. The lowest BCUT2D eigenvalue weighted by atomic mass is 9.77. The number of rotatable bonds is 4. The van der Waals surface area contributed by atoms with Crippen LogP contribution in [-0.2, 0) is 4.79 Å². The van der Waals surface area contributed by atoms with Crippen LogP contribution < -0.4 is 0 Å². The molecule has 66 valence electrons. The Bertz CT molecular complexity index is 125. The summed E-state index contributed by atoms with van der Waals surface area (Å²) in [5.74, 6) is 1.17. The molecule has 0 bridgehead atoms. The molecule has 1 unspecified atom stereocenters. The van der Waals surface area contributed by atoms with Crippen molar-refractivity contribution in [1.29, 1.82) is 0 Å². The van der Waals surface area contributed by atoms with Crippen LogP contribution in [-0.4, -0.2) is 6.29 Å². The second-order valence-electron chi connectivity index (χ2n) is 4.47. The molecule has 11 heavy (non-hydrogen) atoms. The maximum absolute atomic E-state index is 10.6. The first-order valence-electron chi connectivity index (χ1n) is 4.36. The van der Waals surface area contributed by atoms with Crippen LogP contribution in [0.25, 0.3) is 0 Å². The molecule has 0 fully saturated rings. The lowest BCUT2D eigenvalue weighted by Gasteiger charge is -2.26. The van der Waals surface area contributed by atoms with Crippen molar-refractivity contribution < 1.29 is 4.79 Å². The van der Waals surface area contributed by atoms with Gasteiger partial charge in [-0.15, -0.1) is 0 Å². The van der Waals surface area contributed by atoms with Gasteiger partial charge in [0.15, 0.2) is 0 Å². The highest BCUT2D eigenvalue weighted by Gasteiger charge is 2.25. The second kappa shape index (κ2) is 3.89. The van der Waals surface area contributed by atoms with E-state index in [0.717, 1.165) is 12.7 Å². The molecular formula is C10H20O. The Balaban J connectivity index is 4.01. The molecule has 1 atom stereocenters. The Labute approximate surface area is 70.2 Å². The van der Waals surface area contributed by atoms with Gasteiger partial charge < -0.3 is 4.79 Å². The largest absolute Gasteiger partial charge is 0.303 e. The third-order valence-electron chi connectivity index (χ3n) is 2.40. The molecule has 0 spiro atoms. The SMILES string of the molecule is CC(C)CC(C)C(C)(C)C=O. The van der Waals surface area contributed by atoms with Crippen LogP contribution in [0, 0.1) is 17.3 Å². The fourth-order valence-electron chi connectivity index (χ4n) is 1.13. The molecule has 0 radical (unpaired) electrons. The van der Waals surface area contributed by atoms with E-state index in [1.54, 1.807) is 0 Å². The van der Waals surface area contributed by atoms with E-state index >= 15 is 0 Å². The van der Waals surface area contributed by atoms with E-state index < -0.39 is 0 Å². The predicted molar refractivity (Wildman–Crippen MR) is 48.5 cm³/mol. The monoisotopic (exact) mass is 156 g/mol. The number of carbonyl (C=O) groups excluding carboxylic acids is 1. The highest BCUT2D eigenvalue weighted by atomic mass is 16.1. The van der Waals surface area contributed by atoms with Gasteiger partial charge in [0.1, 0.15) is 6.29 Å². The van der Waals surface area contributed by atoms with E-state index in [1.165, 1.54) is 0 Å². The van der Waals surface area contributed by atoms with Gasteiger partial charge >= 0.3 is 0 Å². The lowest BCUT2D eigenvalue weighted by Crippen LogP contribution is -2.24. The summed E-state index contributed by atoms with van der Waals surface area (Å²) in [5.41, 5.74) is -0.149. The molecule has 0 aromatic carbocycles. The molecule has 0 amide bonds. The minimum absolute atomic E-state index is 0.149. The van der Waals surface area contributed by atoms with Gasteiger partial charge in [0, 0.05) is 5.41 Å². The molecule has 0 aliphatic carbocycles. The van der Waals surface area contributed by atoms with Crippen LogP contribution in [0.1, 0.15) is 41.0 Å². The molecule has 0 N–H and O–H groups in total. The van der Waals surface area contributed by atoms with Gasteiger partial charge in [-0.1, -0.05) is 34.6 Å². The molecule has 1 nitrogen and oxygen atoms in total. The quantitative estimate of drug-likeness (QED) is 0.572. The van der Waals surface area contributed by atoms with Crippen molar-refractivity contribution in [2.24, 2.45) is 17.3 Å². The summed E-state index contributed by atoms with van der Waals surface area (Å²) in [6, 6.07) is 0. The number of aldehydes is 1. The molecule has 0 aliphatic heterocycles. The zero-order valence-electron chi connectivity index (χ0n) is 8.35. The predicted octanol–water partition coefficient (Wildman–Crippen LogP) is 2.89. The van der Waals surface area contributed by atoms with Gasteiger partial charge in [-0.2, -0.15) is 0 Å². The molecule has 0 saturated heterocycles. The van der Waals surface area contributed by atoms with Crippen molar-refractivity contribution in [3.63, 3.8) is 0 Å². The second-order valence-corrected chi connectivity index (χ2v) is 4.47. The van der Waals surface area contributed by atoms with E-state index in [2.05, 4.69) is 20.8 Å². The van der Waals surface area contributed by atoms with Gasteiger partial charge in [-0.25, -0.2) is 0 Å². The van der Waals surface area contributed by atoms with E-state index in [-0.39, 0.29) is 5.41 Å². The summed E-state index contributed by atoms with van der Waals surface area (Å²) >= 11 is 0. The molecule has 0 rings (SSSR count). The molecule has 0 aromatic rings. The first-order valence-corrected chi connectivity index (χ1v) is 4.36. The number of hydrogen-bond acceptors (Lipinski definition) is 1. The fraction of sp³-hybridized carbons (Fsp3) is 0.900. The van der Waals surface area contributed by atoms with Crippen LogP contribution >= 0.6 is 0 Å². The van der Waals surface area contributed by atoms with E-state index in [9.17, 15) is 4.79 Å². The summed E-state index contributed by atoms with van der Waals surface area (Å²) in [4.78, 5) is 10.6. The Morgan fingerprint density at radius 2 is 1.73 bits per heavy atom. The average molecular weight is 156 g/mol. The summed E-state index contributed by atoms with van der Waals surface area (Å²) in [6.45, 7) is 10.5. The summed E-state index contributed by atoms with van der Waals surface area (Å²) in [6.07, 6.45) is 2.20. The Morgan fingerprint density at radius 1 is 1.27 bits per heavy atom. The van der Waals surface area contributed by atoms with Gasteiger partial charge in [0.05, 0.1) is 0 Å². The van der Waals surface area contributed by atoms with Crippen LogP contribution in [0.2, 0.25) is 0 Å². The van der Waals surface area contributed by atoms with Crippen molar-refractivity contribution >= 4 is 6.29 Å². The minimum atomic E-state index is -0.149. The molecule has 0 heterocycles. The van der Waals surface area contributed by atoms with Gasteiger partial charge in [-0.05, 0) is 18.3 Å². The Kier molecular flexibility index (Phi) is 3.77. The van der Waals surface area contributed by atoms with E-state index in [4.69, 9.17) is 0 Å². The topological polar surface area (TPSA) is 17.1 Å². The van der Waals surface area contributed by atoms with E-state index in [1.807, 2.05) is 13.8 Å². The standard InChI is InChI=1S/C10H20O/c1-8(2)6-9(3)10(4,5)7-11/h7-9H,6H2,1-5H3. The summed E-state index contributed by atoms with van der Waals surface area (Å²) < 4.78 is 0. The third kappa shape index (κ3) is 3.54. The van der Waals surface area contributed by atoms with Crippen molar-refractivity contribution in [3.05, 3.63) is 0 Å². The van der Waals surface area contributed by atoms with Gasteiger partial charge in [0.2, 0.25) is 0 Å². The van der Waals surface area contributed by atoms with Crippen molar-refractivity contribution in [2.45, 2.75) is 41.0 Å². The number of hydrogen-bond donors (Lipinski definition) is 0. The van der Waals surface area contributed by atoms with Crippen molar-refractivity contribution in [3.8, 4) is 0 Å². The smallest absolute Gasteiger partial charge is 0.125 e. The average Bonchev–Trinajstić information content (AvgIpc) is 1.86. The maximum atomic E-state index is 10.6. The van der Waals surface area contributed by atoms with Crippen molar-refractivity contribution in [2.75, 3.05) is 0 Å². The molecule has 0 aliphatic rings. The van der Waals surface area contributed by atoms with Crippen molar-refractivity contribution in [1.82, 2.24) is 0 Å². The van der Waals surface area contributed by atoms with E-state index in [0.29, 0.717) is 11.8 Å². The first-order chi connectivity index (χ1) is 4.90. The fourth-order valence-corrected chi connectivity index (χ4v) is 1.13. The van der Waals surface area contributed by atoms with Gasteiger partial charge in [-0.3, -0.25) is 0 Å². The lowest BCUT2D eigenvalue weighted by molar-refractivity contribution is -0.117. The number of carbonyl (C=O) groups is 1. The first kappa shape index (κ1) is 10.7. The zero-order valence-corrected chi connectivity index (χ0v) is 8.35. The van der Waals surface area contributed by atoms with Crippen LogP contribution in [0.4, 0.5) is 0 Å². The molecular weight excluding hydrogens is 136 g/mol. The molecule has 0 aromatic heterocycles. The highest BCUT2D eigenvalue weighted by Crippen LogP contribution is 2.28. The summed E-state index contributed by atoms with van der Waals surface area (Å²) in [5, 5.41) is 0. The Hall–Kier alpha value is -0.330. The normalized spacial score (nSPS) is 15.1. The molecule has 0 saturated carbocycles. The third-order valence-corrected chi connectivity index (χ3v) is 2.40. The van der Waals surface area contributed by atoms with Gasteiger partial charge in [0.25, 0.3) is 0 Å². The van der Waals surface area contributed by atoms with Crippen LogP contribution in [0.5, 0.6) is 0 Å². The Morgan fingerprint density at radius 3 is 2.00 bits per heavy atom. The zero-order chi connectivity index (χ0) is 9.07.